The first-order valence-electron chi connectivity index (χ1n) is 15.5. The van der Waals surface area contributed by atoms with Gasteiger partial charge in [-0.1, -0.05) is 53.5 Å². The van der Waals surface area contributed by atoms with Crippen molar-refractivity contribution < 1.29 is 18.8 Å². The molecule has 3 aromatic carbocycles. The molecule has 2 saturated heterocycles. The van der Waals surface area contributed by atoms with Crippen LogP contribution in [0.25, 0.3) is 11.0 Å². The average Bonchev–Trinajstić information content (AvgIpc) is 3.09. The molecule has 2 aliphatic heterocycles. The Kier molecular flexibility index (Phi) is 9.61. The number of halogens is 2. The zero-order valence-electron chi connectivity index (χ0n) is 25.2. The molecule has 238 valence electrons. The monoisotopic (exact) mass is 660 g/mol. The van der Waals surface area contributed by atoms with Crippen molar-refractivity contribution in [3.05, 3.63) is 110 Å². The number of nitrogens with one attached hydrogen (secondary N) is 1. The summed E-state index contributed by atoms with van der Waals surface area (Å²) in [5, 5.41) is 3.82. The highest BCUT2D eigenvalue weighted by molar-refractivity contribution is 6.34. The minimum atomic E-state index is -0.944. The van der Waals surface area contributed by atoms with Gasteiger partial charge in [-0.15, -0.1) is 0 Å². The summed E-state index contributed by atoms with van der Waals surface area (Å²) in [4.78, 5) is 59.4. The highest BCUT2D eigenvalue weighted by atomic mass is 35.5. The van der Waals surface area contributed by atoms with Crippen LogP contribution >= 0.6 is 23.2 Å². The number of amides is 3. The standard InChI is InChI=1S/C35H34Cl2N4O5/c36-24-13-11-23(12-14-24)21-28(38-33(43)31-22-30(42)26-8-6-9-27(37)32(26)46-31)35(45)41-19-17-39(18-20-41)29-10-3-2-7-25(29)34(44)40-15-4-1-5-16-40/h2-3,6-14,22,28H,1,4-5,15-21H2,(H,38,43)/t28-/m1/s1. The van der Waals surface area contributed by atoms with E-state index in [0.717, 1.165) is 49.7 Å². The first-order valence-corrected chi connectivity index (χ1v) is 16.2. The van der Waals surface area contributed by atoms with E-state index in [9.17, 15) is 19.2 Å². The van der Waals surface area contributed by atoms with Crippen LogP contribution in [0.3, 0.4) is 0 Å². The summed E-state index contributed by atoms with van der Waals surface area (Å²) in [6.45, 7) is 3.39. The Balaban J connectivity index is 1.19. The molecule has 3 heterocycles. The van der Waals surface area contributed by atoms with Crippen LogP contribution in [0.1, 0.15) is 45.7 Å². The number of benzene rings is 3. The Morgan fingerprint density at radius 2 is 1.52 bits per heavy atom. The van der Waals surface area contributed by atoms with E-state index >= 15 is 0 Å². The number of carbonyl (C=O) groups is 3. The Bertz CT molecular complexity index is 1810. The molecule has 0 radical (unpaired) electrons. The predicted molar refractivity (Wildman–Crippen MR) is 179 cm³/mol. The molecule has 9 nitrogen and oxygen atoms in total. The minimum absolute atomic E-state index is 0.0428. The summed E-state index contributed by atoms with van der Waals surface area (Å²) < 4.78 is 5.74. The first-order chi connectivity index (χ1) is 22.3. The summed E-state index contributed by atoms with van der Waals surface area (Å²) in [6, 6.07) is 19.7. The summed E-state index contributed by atoms with van der Waals surface area (Å²) in [7, 11) is 0. The molecular formula is C35H34Cl2N4O5. The van der Waals surface area contributed by atoms with Crippen molar-refractivity contribution in [3.8, 4) is 0 Å². The van der Waals surface area contributed by atoms with Crippen molar-refractivity contribution in [2.75, 3.05) is 44.2 Å². The molecule has 0 spiro atoms. The lowest BCUT2D eigenvalue weighted by molar-refractivity contribution is -0.133. The molecule has 1 N–H and O–H groups in total. The maximum absolute atomic E-state index is 14.0. The summed E-state index contributed by atoms with van der Waals surface area (Å²) >= 11 is 12.3. The van der Waals surface area contributed by atoms with Gasteiger partial charge in [0.05, 0.1) is 16.0 Å². The van der Waals surface area contributed by atoms with E-state index in [1.54, 1.807) is 47.4 Å². The van der Waals surface area contributed by atoms with Crippen molar-refractivity contribution in [3.63, 3.8) is 0 Å². The van der Waals surface area contributed by atoms with Gasteiger partial charge in [0.1, 0.15) is 6.04 Å². The number of para-hydroxylation sites is 2. The highest BCUT2D eigenvalue weighted by Gasteiger charge is 2.31. The number of likely N-dealkylation sites (tertiary alicyclic amines) is 1. The zero-order chi connectivity index (χ0) is 32.2. The fraction of sp³-hybridized carbons (Fsp3) is 0.314. The highest BCUT2D eigenvalue weighted by Crippen LogP contribution is 2.26. The molecule has 0 saturated carbocycles. The molecule has 46 heavy (non-hydrogen) atoms. The lowest BCUT2D eigenvalue weighted by Crippen LogP contribution is -2.56. The number of hydrogen-bond acceptors (Lipinski definition) is 6. The topological polar surface area (TPSA) is 103 Å². The minimum Gasteiger partial charge on any atom is -0.449 e. The maximum Gasteiger partial charge on any atom is 0.287 e. The van der Waals surface area contributed by atoms with E-state index in [-0.39, 0.29) is 40.0 Å². The molecular weight excluding hydrogens is 627 g/mol. The molecule has 2 fully saturated rings. The van der Waals surface area contributed by atoms with E-state index < -0.39 is 17.4 Å². The third-order valence-corrected chi connectivity index (χ3v) is 9.15. The lowest BCUT2D eigenvalue weighted by atomic mass is 10.0. The number of piperidine rings is 1. The fourth-order valence-corrected chi connectivity index (χ4v) is 6.47. The maximum atomic E-state index is 14.0. The van der Waals surface area contributed by atoms with Crippen LogP contribution in [0, 0.1) is 0 Å². The molecule has 3 amide bonds. The van der Waals surface area contributed by atoms with Gasteiger partial charge in [0, 0.05) is 62.5 Å². The Hall–Kier alpha value is -4.34. The van der Waals surface area contributed by atoms with Crippen molar-refractivity contribution >= 4 is 57.6 Å². The van der Waals surface area contributed by atoms with Gasteiger partial charge in [-0.2, -0.15) is 0 Å². The average molecular weight is 662 g/mol. The van der Waals surface area contributed by atoms with E-state index in [1.165, 1.54) is 0 Å². The van der Waals surface area contributed by atoms with Crippen LogP contribution in [0.5, 0.6) is 0 Å². The largest absolute Gasteiger partial charge is 0.449 e. The van der Waals surface area contributed by atoms with E-state index in [4.69, 9.17) is 27.6 Å². The quantitative estimate of drug-likeness (QED) is 0.284. The second-order valence-corrected chi connectivity index (χ2v) is 12.5. The SMILES string of the molecule is O=C(N[C@H](Cc1ccc(Cl)cc1)C(=O)N1CCN(c2ccccc2C(=O)N2CCCCC2)CC1)c1cc(=O)c2cccc(Cl)c2o1. The smallest absolute Gasteiger partial charge is 0.287 e. The van der Waals surface area contributed by atoms with Gasteiger partial charge in [0.2, 0.25) is 5.91 Å². The molecule has 1 aromatic heterocycles. The number of rotatable bonds is 7. The molecule has 0 unspecified atom stereocenters. The normalized spacial score (nSPS) is 15.9. The van der Waals surface area contributed by atoms with Crippen LogP contribution in [0.15, 0.2) is 82.0 Å². The first kappa shape index (κ1) is 31.6. The third kappa shape index (κ3) is 6.90. The molecule has 0 aliphatic carbocycles. The van der Waals surface area contributed by atoms with Crippen LogP contribution in [-0.2, 0) is 11.2 Å². The molecule has 2 aliphatic rings. The third-order valence-electron chi connectivity index (χ3n) is 8.60. The van der Waals surface area contributed by atoms with Crippen LogP contribution in [-0.4, -0.2) is 72.8 Å². The van der Waals surface area contributed by atoms with Gasteiger partial charge in [-0.05, 0) is 61.2 Å². The lowest BCUT2D eigenvalue weighted by Gasteiger charge is -2.38. The Labute approximate surface area is 276 Å². The molecule has 0 bridgehead atoms. The van der Waals surface area contributed by atoms with Crippen molar-refractivity contribution in [2.45, 2.75) is 31.7 Å². The molecule has 1 atom stereocenters. The Morgan fingerprint density at radius 3 is 2.26 bits per heavy atom. The van der Waals surface area contributed by atoms with Crippen LogP contribution < -0.4 is 15.6 Å². The summed E-state index contributed by atoms with van der Waals surface area (Å²) in [5.41, 5.74) is 2.03. The van der Waals surface area contributed by atoms with Crippen molar-refractivity contribution in [2.24, 2.45) is 0 Å². The number of carbonyl (C=O) groups excluding carboxylic acids is 3. The number of fused-ring (bicyclic) bond motifs is 1. The van der Waals surface area contributed by atoms with Crippen molar-refractivity contribution in [1.29, 1.82) is 0 Å². The van der Waals surface area contributed by atoms with E-state index in [0.29, 0.717) is 36.8 Å². The molecule has 11 heteroatoms. The number of piperazine rings is 1. The zero-order valence-corrected chi connectivity index (χ0v) is 26.7. The number of hydrogen-bond donors (Lipinski definition) is 1. The number of nitrogens with zero attached hydrogens (tertiary/aromatic N) is 3. The van der Waals surface area contributed by atoms with Crippen LogP contribution in [0.2, 0.25) is 10.0 Å². The van der Waals surface area contributed by atoms with Gasteiger partial charge >= 0.3 is 0 Å². The van der Waals surface area contributed by atoms with Crippen LogP contribution in [0.4, 0.5) is 5.69 Å². The number of anilines is 1. The van der Waals surface area contributed by atoms with Crippen molar-refractivity contribution in [1.82, 2.24) is 15.1 Å². The second-order valence-electron chi connectivity index (χ2n) is 11.6. The summed E-state index contributed by atoms with van der Waals surface area (Å²) in [6.07, 6.45) is 3.38. The van der Waals surface area contributed by atoms with Gasteiger partial charge in [0.15, 0.2) is 16.8 Å². The van der Waals surface area contributed by atoms with E-state index in [2.05, 4.69) is 10.2 Å². The summed E-state index contributed by atoms with van der Waals surface area (Å²) in [5.74, 6) is -1.16. The van der Waals surface area contributed by atoms with Gasteiger partial charge < -0.3 is 24.4 Å². The van der Waals surface area contributed by atoms with Gasteiger partial charge in [-0.25, -0.2) is 0 Å². The molecule has 4 aromatic rings. The van der Waals surface area contributed by atoms with E-state index in [1.807, 2.05) is 29.2 Å². The predicted octanol–water partition coefficient (Wildman–Crippen LogP) is 5.42. The Morgan fingerprint density at radius 1 is 0.804 bits per heavy atom. The van der Waals surface area contributed by atoms with Gasteiger partial charge in [-0.3, -0.25) is 19.2 Å². The van der Waals surface area contributed by atoms with Gasteiger partial charge in [0.25, 0.3) is 11.8 Å². The fourth-order valence-electron chi connectivity index (χ4n) is 6.13. The second kappa shape index (κ2) is 14.0. The molecule has 6 rings (SSSR count).